The maximum atomic E-state index is 12.4. The van der Waals surface area contributed by atoms with Crippen LogP contribution in [0.15, 0.2) is 60.7 Å². The molecule has 1 aliphatic heterocycles. The zero-order valence-corrected chi connectivity index (χ0v) is 11.9. The van der Waals surface area contributed by atoms with Gasteiger partial charge in [0.2, 0.25) is 0 Å². The molecule has 0 unspecified atom stereocenters. The summed E-state index contributed by atoms with van der Waals surface area (Å²) in [6.07, 6.45) is -0.357. The summed E-state index contributed by atoms with van der Waals surface area (Å²) in [6.45, 7) is 2.99. The van der Waals surface area contributed by atoms with Crippen molar-refractivity contribution in [3.05, 3.63) is 71.8 Å². The Bertz CT molecular complexity index is 583. The number of ether oxygens (including phenoxy) is 1. The van der Waals surface area contributed by atoms with Gasteiger partial charge in [-0.05, 0) is 5.56 Å². The lowest BCUT2D eigenvalue weighted by Crippen LogP contribution is -2.45. The number of carbonyl (C=O) groups excluding carboxylic acids is 1. The predicted molar refractivity (Wildman–Crippen MR) is 82.2 cm³/mol. The van der Waals surface area contributed by atoms with Crippen molar-refractivity contribution in [3.8, 4) is 0 Å². The van der Waals surface area contributed by atoms with Crippen LogP contribution in [-0.4, -0.2) is 36.5 Å². The summed E-state index contributed by atoms with van der Waals surface area (Å²) in [5.74, 6) is 0.0772. The average molecular weight is 281 g/mol. The van der Waals surface area contributed by atoms with Crippen molar-refractivity contribution in [3.63, 3.8) is 0 Å². The molecule has 1 saturated heterocycles. The predicted octanol–water partition coefficient (Wildman–Crippen LogP) is 2.77. The molecular formula is C18H19NO2. The highest BCUT2D eigenvalue weighted by molar-refractivity contribution is 5.99. The second-order valence-corrected chi connectivity index (χ2v) is 5.31. The molecule has 0 N–H and O–H groups in total. The number of Topliss-reactive ketones (excluding diaryl/α,β-unsaturated/α-hetero) is 1. The molecule has 1 heterocycles. The van der Waals surface area contributed by atoms with Gasteiger partial charge in [0.25, 0.3) is 0 Å². The minimum atomic E-state index is -0.357. The molecule has 2 aromatic carbocycles. The molecule has 0 saturated carbocycles. The van der Waals surface area contributed by atoms with Gasteiger partial charge in [-0.2, -0.15) is 0 Å². The molecule has 1 aliphatic rings. The molecule has 3 rings (SSSR count). The molecule has 0 aromatic heterocycles. The number of hydrogen-bond donors (Lipinski definition) is 0. The van der Waals surface area contributed by atoms with E-state index in [9.17, 15) is 4.79 Å². The van der Waals surface area contributed by atoms with E-state index in [2.05, 4.69) is 17.0 Å². The van der Waals surface area contributed by atoms with Gasteiger partial charge in [-0.3, -0.25) is 9.69 Å². The Hall–Kier alpha value is -1.97. The minimum Gasteiger partial charge on any atom is -0.367 e. The first kappa shape index (κ1) is 14.0. The topological polar surface area (TPSA) is 29.5 Å². The summed E-state index contributed by atoms with van der Waals surface area (Å²) in [6, 6.07) is 19.7. The standard InChI is InChI=1S/C18H19NO2/c20-18(16-9-5-2-6-10-16)17-14-19(11-12-21-17)13-15-7-3-1-4-8-15/h1-10,17H,11-14H2/t17-/m0/s1. The van der Waals surface area contributed by atoms with Gasteiger partial charge in [0.1, 0.15) is 6.10 Å². The van der Waals surface area contributed by atoms with Crippen LogP contribution in [0, 0.1) is 0 Å². The van der Waals surface area contributed by atoms with Crippen molar-refractivity contribution in [2.75, 3.05) is 19.7 Å². The largest absolute Gasteiger partial charge is 0.367 e. The monoisotopic (exact) mass is 281 g/mol. The third kappa shape index (κ3) is 3.57. The molecule has 3 heteroatoms. The maximum Gasteiger partial charge on any atom is 0.192 e. The Morgan fingerprint density at radius 1 is 1.05 bits per heavy atom. The van der Waals surface area contributed by atoms with Gasteiger partial charge in [-0.1, -0.05) is 60.7 Å². The van der Waals surface area contributed by atoms with E-state index >= 15 is 0 Å². The molecule has 0 spiro atoms. The van der Waals surface area contributed by atoms with Gasteiger partial charge in [-0.25, -0.2) is 0 Å². The van der Waals surface area contributed by atoms with Gasteiger partial charge >= 0.3 is 0 Å². The van der Waals surface area contributed by atoms with Crippen molar-refractivity contribution < 1.29 is 9.53 Å². The summed E-state index contributed by atoms with van der Waals surface area (Å²) in [5.41, 5.74) is 1.99. The van der Waals surface area contributed by atoms with Crippen molar-refractivity contribution >= 4 is 5.78 Å². The Morgan fingerprint density at radius 3 is 2.43 bits per heavy atom. The quantitative estimate of drug-likeness (QED) is 0.807. The Kier molecular flexibility index (Phi) is 4.43. The fourth-order valence-electron chi connectivity index (χ4n) is 2.63. The number of ketones is 1. The van der Waals surface area contributed by atoms with Crippen LogP contribution in [0.1, 0.15) is 15.9 Å². The first-order valence-electron chi connectivity index (χ1n) is 7.30. The van der Waals surface area contributed by atoms with Crippen molar-refractivity contribution in [1.82, 2.24) is 4.90 Å². The summed E-state index contributed by atoms with van der Waals surface area (Å²) in [7, 11) is 0. The van der Waals surface area contributed by atoms with Crippen LogP contribution >= 0.6 is 0 Å². The first-order chi connectivity index (χ1) is 10.3. The van der Waals surface area contributed by atoms with Crippen LogP contribution in [-0.2, 0) is 11.3 Å². The van der Waals surface area contributed by atoms with Crippen molar-refractivity contribution in [1.29, 1.82) is 0 Å². The fourth-order valence-corrected chi connectivity index (χ4v) is 2.63. The van der Waals surface area contributed by atoms with Gasteiger partial charge < -0.3 is 4.74 Å². The van der Waals surface area contributed by atoms with Crippen LogP contribution < -0.4 is 0 Å². The summed E-state index contributed by atoms with van der Waals surface area (Å²) < 4.78 is 5.67. The third-order valence-corrected chi connectivity index (χ3v) is 3.75. The lowest BCUT2D eigenvalue weighted by Gasteiger charge is -2.32. The van der Waals surface area contributed by atoms with E-state index in [0.29, 0.717) is 13.2 Å². The number of benzene rings is 2. The molecule has 108 valence electrons. The number of carbonyl (C=O) groups is 1. The summed E-state index contributed by atoms with van der Waals surface area (Å²) in [5, 5.41) is 0. The average Bonchev–Trinajstić information content (AvgIpc) is 2.56. The molecule has 0 radical (unpaired) electrons. The summed E-state index contributed by atoms with van der Waals surface area (Å²) >= 11 is 0. The molecule has 1 fully saturated rings. The zero-order valence-electron chi connectivity index (χ0n) is 11.9. The van der Waals surface area contributed by atoms with E-state index in [1.54, 1.807) is 0 Å². The number of nitrogens with zero attached hydrogens (tertiary/aromatic N) is 1. The van der Waals surface area contributed by atoms with Gasteiger partial charge in [0.15, 0.2) is 5.78 Å². The maximum absolute atomic E-state index is 12.4. The lowest BCUT2D eigenvalue weighted by molar-refractivity contribution is -0.0190. The number of rotatable bonds is 4. The van der Waals surface area contributed by atoms with Crippen molar-refractivity contribution in [2.45, 2.75) is 12.6 Å². The van der Waals surface area contributed by atoms with E-state index in [4.69, 9.17) is 4.74 Å². The molecular weight excluding hydrogens is 262 g/mol. The summed E-state index contributed by atoms with van der Waals surface area (Å²) in [4.78, 5) is 14.7. The van der Waals surface area contributed by atoms with Crippen LogP contribution in [0.25, 0.3) is 0 Å². The van der Waals surface area contributed by atoms with Crippen LogP contribution in [0.3, 0.4) is 0 Å². The second-order valence-electron chi connectivity index (χ2n) is 5.31. The number of morpholine rings is 1. The molecule has 2 aromatic rings. The van der Waals surface area contributed by atoms with E-state index in [0.717, 1.165) is 18.7 Å². The highest BCUT2D eigenvalue weighted by atomic mass is 16.5. The molecule has 1 atom stereocenters. The van der Waals surface area contributed by atoms with E-state index < -0.39 is 0 Å². The van der Waals surface area contributed by atoms with Gasteiger partial charge in [-0.15, -0.1) is 0 Å². The van der Waals surface area contributed by atoms with Crippen LogP contribution in [0.2, 0.25) is 0 Å². The normalized spacial score (nSPS) is 19.3. The Labute approximate surface area is 125 Å². The molecule has 0 aliphatic carbocycles. The molecule has 3 nitrogen and oxygen atoms in total. The highest BCUT2D eigenvalue weighted by Gasteiger charge is 2.27. The van der Waals surface area contributed by atoms with Gasteiger partial charge in [0.05, 0.1) is 6.61 Å². The second kappa shape index (κ2) is 6.66. The lowest BCUT2D eigenvalue weighted by atomic mass is 10.0. The number of hydrogen-bond acceptors (Lipinski definition) is 3. The minimum absolute atomic E-state index is 0.0772. The Balaban J connectivity index is 1.64. The van der Waals surface area contributed by atoms with Crippen LogP contribution in [0.4, 0.5) is 0 Å². The molecule has 0 amide bonds. The van der Waals surface area contributed by atoms with E-state index in [-0.39, 0.29) is 11.9 Å². The third-order valence-electron chi connectivity index (χ3n) is 3.75. The zero-order chi connectivity index (χ0) is 14.5. The van der Waals surface area contributed by atoms with E-state index in [1.165, 1.54) is 5.56 Å². The van der Waals surface area contributed by atoms with Gasteiger partial charge in [0, 0.05) is 25.2 Å². The van der Waals surface area contributed by atoms with Crippen LogP contribution in [0.5, 0.6) is 0 Å². The van der Waals surface area contributed by atoms with Crippen molar-refractivity contribution in [2.24, 2.45) is 0 Å². The molecule has 21 heavy (non-hydrogen) atoms. The molecule has 0 bridgehead atoms. The SMILES string of the molecule is O=C(c1ccccc1)[C@@H]1CN(Cc2ccccc2)CCO1. The first-order valence-corrected chi connectivity index (χ1v) is 7.30. The fraction of sp³-hybridized carbons (Fsp3) is 0.278. The van der Waals surface area contributed by atoms with E-state index in [1.807, 2.05) is 48.5 Å². The highest BCUT2D eigenvalue weighted by Crippen LogP contribution is 2.14. The smallest absolute Gasteiger partial charge is 0.192 e. The Morgan fingerprint density at radius 2 is 1.71 bits per heavy atom.